The van der Waals surface area contributed by atoms with Crippen LogP contribution in [0.1, 0.15) is 19.0 Å². The van der Waals surface area contributed by atoms with Crippen LogP contribution in [0.4, 0.5) is 0 Å². The number of hydrogen-bond donors (Lipinski definition) is 3. The highest BCUT2D eigenvalue weighted by atomic mass is 127. The van der Waals surface area contributed by atoms with Gasteiger partial charge in [0.25, 0.3) is 0 Å². The van der Waals surface area contributed by atoms with Gasteiger partial charge < -0.3 is 25.1 Å². The van der Waals surface area contributed by atoms with Crippen LogP contribution < -0.4 is 10.6 Å². The number of methoxy groups -OCH3 is 1. The van der Waals surface area contributed by atoms with Gasteiger partial charge in [0, 0.05) is 38.0 Å². The summed E-state index contributed by atoms with van der Waals surface area (Å²) in [5.41, 5.74) is 2.25. The Morgan fingerprint density at radius 2 is 2.00 bits per heavy atom. The smallest absolute Gasteiger partial charge is 0.191 e. The van der Waals surface area contributed by atoms with Crippen LogP contribution in [0.15, 0.2) is 35.3 Å². The maximum atomic E-state index is 5.45. The molecule has 0 unspecified atom stereocenters. The zero-order chi connectivity index (χ0) is 17.0. The normalized spacial score (nSPS) is 11.4. The Hall–Kier alpha value is -1.32. The highest BCUT2D eigenvalue weighted by Gasteiger charge is 2.01. The Bertz CT molecular complexity index is 597. The van der Waals surface area contributed by atoms with E-state index >= 15 is 0 Å². The number of rotatable bonds is 10. The van der Waals surface area contributed by atoms with E-state index in [1.54, 1.807) is 7.11 Å². The van der Waals surface area contributed by atoms with E-state index in [9.17, 15) is 0 Å². The monoisotopic (exact) mass is 460 g/mol. The number of aromatic nitrogens is 1. The number of aliphatic imine (C=N–C) groups is 1. The minimum atomic E-state index is 0. The summed E-state index contributed by atoms with van der Waals surface area (Å²) in [5.74, 6) is 0.827. The van der Waals surface area contributed by atoms with Crippen LogP contribution in [-0.2, 0) is 16.0 Å². The molecule has 0 saturated heterocycles. The van der Waals surface area contributed by atoms with Crippen LogP contribution in [0, 0.1) is 0 Å². The second kappa shape index (κ2) is 13.0. The van der Waals surface area contributed by atoms with Gasteiger partial charge in [-0.3, -0.25) is 0 Å². The molecule has 0 aliphatic rings. The molecule has 0 spiro atoms. The lowest BCUT2D eigenvalue weighted by molar-refractivity contribution is 0.0698. The third-order valence-corrected chi connectivity index (χ3v) is 3.53. The summed E-state index contributed by atoms with van der Waals surface area (Å²) < 4.78 is 10.4. The average molecular weight is 460 g/mol. The van der Waals surface area contributed by atoms with E-state index in [1.165, 1.54) is 5.39 Å². The molecule has 0 atom stereocenters. The quantitative estimate of drug-likeness (QED) is 0.221. The molecule has 6 nitrogen and oxygen atoms in total. The number of fused-ring (bicyclic) bond motifs is 1. The second-order valence-electron chi connectivity index (χ2n) is 5.46. The van der Waals surface area contributed by atoms with Gasteiger partial charge in [-0.2, -0.15) is 0 Å². The second-order valence-corrected chi connectivity index (χ2v) is 5.46. The summed E-state index contributed by atoms with van der Waals surface area (Å²) in [5, 5.41) is 7.81. The van der Waals surface area contributed by atoms with Crippen molar-refractivity contribution in [2.75, 3.05) is 40.0 Å². The molecule has 3 N–H and O–H groups in total. The molecule has 0 aliphatic heterocycles. The van der Waals surface area contributed by atoms with Gasteiger partial charge in [0.1, 0.15) is 0 Å². The lowest BCUT2D eigenvalue weighted by atomic mass is 10.2. The van der Waals surface area contributed by atoms with Gasteiger partial charge in [-0.15, -0.1) is 24.0 Å². The molecule has 0 aliphatic carbocycles. The van der Waals surface area contributed by atoms with E-state index in [4.69, 9.17) is 9.47 Å². The van der Waals surface area contributed by atoms with Gasteiger partial charge >= 0.3 is 0 Å². The molecule has 1 aromatic carbocycles. The topological polar surface area (TPSA) is 70.7 Å². The lowest BCUT2D eigenvalue weighted by Gasteiger charge is -2.11. The molecule has 2 rings (SSSR count). The fourth-order valence-electron chi connectivity index (χ4n) is 2.35. The highest BCUT2D eigenvalue weighted by molar-refractivity contribution is 14.0. The standard InChI is InChI=1S/C18H28N4O2.HI/c1-3-19-18(20-9-6-10-24-12-11-23-2)21-14-16-13-15-7-4-5-8-17(15)22-16;/h4-5,7-8,13,22H,3,6,9-12,14H2,1-2H3,(H2,19,20,21);1H. The van der Waals surface area contributed by atoms with Crippen molar-refractivity contribution in [1.82, 2.24) is 15.6 Å². The summed E-state index contributed by atoms with van der Waals surface area (Å²) in [4.78, 5) is 8.02. The number of halogens is 1. The SMILES string of the molecule is CCNC(=NCc1cc2ccccc2[nH]1)NCCCOCCOC.I. The molecule has 0 bridgehead atoms. The number of ether oxygens (including phenoxy) is 2. The third-order valence-electron chi connectivity index (χ3n) is 3.53. The number of aromatic amines is 1. The first-order chi connectivity index (χ1) is 11.8. The molecule has 0 amide bonds. The minimum absolute atomic E-state index is 0. The first-order valence-corrected chi connectivity index (χ1v) is 8.49. The fourth-order valence-corrected chi connectivity index (χ4v) is 2.35. The third kappa shape index (κ3) is 8.06. The van der Waals surface area contributed by atoms with Gasteiger partial charge in [0.2, 0.25) is 0 Å². The van der Waals surface area contributed by atoms with E-state index in [-0.39, 0.29) is 24.0 Å². The van der Waals surface area contributed by atoms with Crippen LogP contribution >= 0.6 is 24.0 Å². The number of para-hydroxylation sites is 1. The maximum Gasteiger partial charge on any atom is 0.191 e. The summed E-state index contributed by atoms with van der Waals surface area (Å²) in [6.45, 7) is 6.35. The van der Waals surface area contributed by atoms with Crippen LogP contribution in [0.2, 0.25) is 0 Å². The van der Waals surface area contributed by atoms with E-state index in [2.05, 4.69) is 45.7 Å². The van der Waals surface area contributed by atoms with Gasteiger partial charge in [-0.05, 0) is 30.9 Å². The van der Waals surface area contributed by atoms with Crippen molar-refractivity contribution >= 4 is 40.8 Å². The van der Waals surface area contributed by atoms with Gasteiger partial charge in [-0.25, -0.2) is 4.99 Å². The van der Waals surface area contributed by atoms with Gasteiger partial charge in [-0.1, -0.05) is 18.2 Å². The summed E-state index contributed by atoms with van der Waals surface area (Å²) in [6, 6.07) is 10.4. The fraction of sp³-hybridized carbons (Fsp3) is 0.500. The molecule has 1 heterocycles. The zero-order valence-corrected chi connectivity index (χ0v) is 17.3. The van der Waals surface area contributed by atoms with Gasteiger partial charge in [0.05, 0.1) is 19.8 Å². The Morgan fingerprint density at radius 1 is 1.16 bits per heavy atom. The summed E-state index contributed by atoms with van der Waals surface area (Å²) in [6.07, 6.45) is 0.931. The van der Waals surface area contributed by atoms with Gasteiger partial charge in [0.15, 0.2) is 5.96 Å². The van der Waals surface area contributed by atoms with Crippen LogP contribution in [0.3, 0.4) is 0 Å². The molecule has 0 fully saturated rings. The molecule has 0 saturated carbocycles. The van der Waals surface area contributed by atoms with E-state index in [0.717, 1.165) is 43.3 Å². The molecule has 0 radical (unpaired) electrons. The number of hydrogen-bond acceptors (Lipinski definition) is 3. The predicted molar refractivity (Wildman–Crippen MR) is 114 cm³/mol. The minimum Gasteiger partial charge on any atom is -0.382 e. The van der Waals surface area contributed by atoms with Crippen molar-refractivity contribution in [3.63, 3.8) is 0 Å². The maximum absolute atomic E-state index is 5.45. The molecule has 7 heteroatoms. The van der Waals surface area contributed by atoms with Crippen molar-refractivity contribution < 1.29 is 9.47 Å². The van der Waals surface area contributed by atoms with E-state index < -0.39 is 0 Å². The van der Waals surface area contributed by atoms with Crippen LogP contribution in [0.25, 0.3) is 10.9 Å². The Labute approximate surface area is 166 Å². The summed E-state index contributed by atoms with van der Waals surface area (Å²) in [7, 11) is 1.68. The van der Waals surface area contributed by atoms with Crippen LogP contribution in [-0.4, -0.2) is 51.0 Å². The highest BCUT2D eigenvalue weighted by Crippen LogP contribution is 2.14. The van der Waals surface area contributed by atoms with Crippen molar-refractivity contribution in [2.24, 2.45) is 4.99 Å². The predicted octanol–water partition coefficient (Wildman–Crippen LogP) is 2.89. The molecular formula is C18H29IN4O2. The average Bonchev–Trinajstić information content (AvgIpc) is 3.01. The lowest BCUT2D eigenvalue weighted by Crippen LogP contribution is -2.38. The van der Waals surface area contributed by atoms with Crippen molar-refractivity contribution in [3.8, 4) is 0 Å². The Balaban J connectivity index is 0.00000312. The first kappa shape index (κ1) is 21.7. The Kier molecular flexibility index (Phi) is 11.3. The van der Waals surface area contributed by atoms with Crippen LogP contribution in [0.5, 0.6) is 0 Å². The number of benzene rings is 1. The zero-order valence-electron chi connectivity index (χ0n) is 15.0. The number of H-pyrrole nitrogens is 1. The van der Waals surface area contributed by atoms with Crippen molar-refractivity contribution in [2.45, 2.75) is 19.9 Å². The summed E-state index contributed by atoms with van der Waals surface area (Å²) >= 11 is 0. The molecule has 25 heavy (non-hydrogen) atoms. The number of guanidine groups is 1. The van der Waals surface area contributed by atoms with E-state index in [0.29, 0.717) is 19.8 Å². The molecule has 140 valence electrons. The molecule has 1 aromatic heterocycles. The van der Waals surface area contributed by atoms with Crippen molar-refractivity contribution in [3.05, 3.63) is 36.0 Å². The van der Waals surface area contributed by atoms with E-state index in [1.807, 2.05) is 12.1 Å². The first-order valence-electron chi connectivity index (χ1n) is 8.49. The molecular weight excluding hydrogens is 431 g/mol. The Morgan fingerprint density at radius 3 is 2.76 bits per heavy atom. The van der Waals surface area contributed by atoms with Crippen molar-refractivity contribution in [1.29, 1.82) is 0 Å². The number of nitrogens with one attached hydrogen (secondary N) is 3. The molecule has 2 aromatic rings. The number of nitrogens with zero attached hydrogens (tertiary/aromatic N) is 1. The largest absolute Gasteiger partial charge is 0.382 e.